The Bertz CT molecular complexity index is 342. The predicted octanol–water partition coefficient (Wildman–Crippen LogP) is -0.146. The Labute approximate surface area is 112 Å². The highest BCUT2D eigenvalue weighted by atomic mass is 32.3. The van der Waals surface area contributed by atoms with E-state index in [-0.39, 0.29) is 18.5 Å². The van der Waals surface area contributed by atoms with Gasteiger partial charge in [0.25, 0.3) is 0 Å². The lowest BCUT2D eigenvalue weighted by Gasteiger charge is -1.81. The first kappa shape index (κ1) is 30.4. The van der Waals surface area contributed by atoms with E-state index in [0.29, 0.717) is 5.57 Å². The summed E-state index contributed by atoms with van der Waals surface area (Å²) in [5.41, 5.74) is 5.27. The summed E-state index contributed by atoms with van der Waals surface area (Å²) in [7, 11) is -4.67. The van der Waals surface area contributed by atoms with Crippen LogP contribution in [0.3, 0.4) is 0 Å². The summed E-state index contributed by atoms with van der Waals surface area (Å²) in [6, 6.07) is 0. The number of carbonyl (C=O) groups excluding carboxylic acids is 1. The molecule has 0 rings (SSSR count). The maximum absolute atomic E-state index is 9.82. The number of carboxylic acid groups (broad SMARTS) is 1. The smallest absolute Gasteiger partial charge is 0.394 e. The second-order valence-corrected chi connectivity index (χ2v) is 3.57. The zero-order valence-corrected chi connectivity index (χ0v) is 10.7. The third-order valence-electron chi connectivity index (χ3n) is 0.786. The molecule has 19 heavy (non-hydrogen) atoms. The van der Waals surface area contributed by atoms with Crippen molar-refractivity contribution in [1.29, 1.82) is 0 Å². The molecule has 0 saturated carbocycles. The number of hydrogen-bond acceptors (Lipinski definition) is 4. The number of aliphatic carboxylic acids is 1. The molecular weight excluding hydrogens is 282 g/mol. The lowest BCUT2D eigenvalue weighted by Crippen LogP contribution is -2.10. The van der Waals surface area contributed by atoms with Gasteiger partial charge in [-0.25, -0.2) is 4.79 Å². The van der Waals surface area contributed by atoms with Crippen LogP contribution in [-0.4, -0.2) is 40.0 Å². The van der Waals surface area contributed by atoms with E-state index in [4.69, 9.17) is 28.4 Å². The number of nitrogens with two attached hydrogens (primary N) is 1. The van der Waals surface area contributed by atoms with Crippen LogP contribution >= 0.6 is 0 Å². The average Bonchev–Trinajstić information content (AvgIpc) is 2.01. The maximum atomic E-state index is 9.82. The molecule has 0 aromatic heterocycles. The molecule has 0 aliphatic carbocycles. The van der Waals surface area contributed by atoms with Gasteiger partial charge in [-0.1, -0.05) is 20.6 Å². The first-order valence-corrected chi connectivity index (χ1v) is 5.22. The summed E-state index contributed by atoms with van der Waals surface area (Å²) in [5.74, 6) is -1.37. The third-order valence-corrected chi connectivity index (χ3v) is 0.786. The van der Waals surface area contributed by atoms with E-state index < -0.39 is 22.3 Å². The third kappa shape index (κ3) is 84.5. The van der Waals surface area contributed by atoms with Gasteiger partial charge in [-0.2, -0.15) is 8.42 Å². The van der Waals surface area contributed by atoms with Gasteiger partial charge in [0, 0.05) is 11.1 Å². The largest absolute Gasteiger partial charge is 0.478 e. The maximum Gasteiger partial charge on any atom is 0.394 e. The monoisotopic (exact) mass is 303 g/mol. The fourth-order valence-corrected chi connectivity index (χ4v) is 0. The highest BCUT2D eigenvalue weighted by molar-refractivity contribution is 7.79. The SMILES string of the molecule is C.C=C(C)C(=O)O.C=C(C)C(N)=O.O.O=S(=O)(O)O. The number of amides is 1. The Morgan fingerprint density at radius 3 is 1.16 bits per heavy atom. The first-order chi connectivity index (χ1) is 7.29. The predicted molar refractivity (Wildman–Crippen MR) is 71.0 cm³/mol. The second-order valence-electron chi connectivity index (χ2n) is 2.68. The van der Waals surface area contributed by atoms with Crippen molar-refractivity contribution in [3.05, 3.63) is 24.3 Å². The van der Waals surface area contributed by atoms with Crippen molar-refractivity contribution in [3.63, 3.8) is 0 Å². The van der Waals surface area contributed by atoms with Crippen molar-refractivity contribution in [3.8, 4) is 0 Å². The molecule has 9 nitrogen and oxygen atoms in total. The van der Waals surface area contributed by atoms with Gasteiger partial charge in [0.2, 0.25) is 5.91 Å². The molecule has 1 amide bonds. The number of hydrogen-bond donors (Lipinski definition) is 4. The number of carbonyl (C=O) groups is 2. The number of rotatable bonds is 2. The Morgan fingerprint density at radius 2 is 1.16 bits per heavy atom. The number of carboxylic acids is 1. The minimum absolute atomic E-state index is 0. The minimum Gasteiger partial charge on any atom is -0.478 e. The molecule has 0 radical (unpaired) electrons. The molecular formula is C9H21NO8S. The summed E-state index contributed by atoms with van der Waals surface area (Å²) >= 11 is 0. The van der Waals surface area contributed by atoms with Crippen LogP contribution in [0, 0.1) is 0 Å². The molecule has 0 aromatic carbocycles. The molecule has 0 aromatic rings. The van der Waals surface area contributed by atoms with Crippen molar-refractivity contribution >= 4 is 22.3 Å². The van der Waals surface area contributed by atoms with Gasteiger partial charge in [0.15, 0.2) is 0 Å². The molecule has 0 aliphatic rings. The van der Waals surface area contributed by atoms with E-state index in [0.717, 1.165) is 0 Å². The fourth-order valence-electron chi connectivity index (χ4n) is 0. The van der Waals surface area contributed by atoms with E-state index in [1.165, 1.54) is 6.92 Å². The normalized spacial score (nSPS) is 7.79. The van der Waals surface area contributed by atoms with E-state index in [2.05, 4.69) is 13.2 Å². The molecule has 0 aliphatic heterocycles. The minimum atomic E-state index is -4.67. The lowest BCUT2D eigenvalue weighted by molar-refractivity contribution is -0.132. The quantitative estimate of drug-likeness (QED) is 0.403. The zero-order chi connectivity index (χ0) is 14.8. The van der Waals surface area contributed by atoms with Gasteiger partial charge in [-0.3, -0.25) is 13.9 Å². The van der Waals surface area contributed by atoms with Crippen LogP contribution < -0.4 is 5.73 Å². The average molecular weight is 303 g/mol. The molecule has 0 atom stereocenters. The highest BCUT2D eigenvalue weighted by Crippen LogP contribution is 1.81. The van der Waals surface area contributed by atoms with Crippen molar-refractivity contribution in [2.45, 2.75) is 21.3 Å². The molecule has 0 unspecified atom stereocenters. The van der Waals surface area contributed by atoms with E-state index in [1.807, 2.05) is 0 Å². The molecule has 116 valence electrons. The number of primary amides is 1. The van der Waals surface area contributed by atoms with Crippen LogP contribution in [0.4, 0.5) is 0 Å². The van der Waals surface area contributed by atoms with E-state index in [1.54, 1.807) is 6.92 Å². The second kappa shape index (κ2) is 14.3. The summed E-state index contributed by atoms with van der Waals surface area (Å²) in [5, 5.41) is 7.89. The molecule has 10 heteroatoms. The van der Waals surface area contributed by atoms with Gasteiger partial charge >= 0.3 is 16.4 Å². The molecule has 0 spiro atoms. The van der Waals surface area contributed by atoms with Crippen LogP contribution in [0.1, 0.15) is 21.3 Å². The standard InChI is InChI=1S/C4H7NO.C4H6O2.CH4.H2O4S.H2O/c2*1-3(2)4(5)6;;1-5(2,3)4;/h1H2,2H3,(H2,5,6);1H2,2H3,(H,5,6);1H4;(H2,1,2,3,4);1H2. The van der Waals surface area contributed by atoms with Gasteiger partial charge in [0.1, 0.15) is 0 Å². The van der Waals surface area contributed by atoms with Crippen LogP contribution in [0.25, 0.3) is 0 Å². The fraction of sp³-hybridized carbons (Fsp3) is 0.333. The zero-order valence-electron chi connectivity index (χ0n) is 9.87. The van der Waals surface area contributed by atoms with Gasteiger partial charge in [-0.15, -0.1) is 0 Å². The van der Waals surface area contributed by atoms with E-state index in [9.17, 15) is 9.59 Å². The van der Waals surface area contributed by atoms with Crippen LogP contribution in [0.15, 0.2) is 24.3 Å². The van der Waals surface area contributed by atoms with E-state index >= 15 is 0 Å². The first-order valence-electron chi connectivity index (χ1n) is 3.83. The van der Waals surface area contributed by atoms with Crippen molar-refractivity contribution in [1.82, 2.24) is 0 Å². The molecule has 7 N–H and O–H groups in total. The van der Waals surface area contributed by atoms with Gasteiger partial charge < -0.3 is 16.3 Å². The summed E-state index contributed by atoms with van der Waals surface area (Å²) in [6.45, 7) is 9.45. The molecule has 0 fully saturated rings. The molecule has 0 bridgehead atoms. The van der Waals surface area contributed by atoms with Gasteiger partial charge in [-0.05, 0) is 13.8 Å². The topological polar surface area (TPSA) is 186 Å². The Hall–Kier alpha value is -1.75. The summed E-state index contributed by atoms with van der Waals surface area (Å²) in [6.07, 6.45) is 0. The Kier molecular flexibility index (Phi) is 22.9. The highest BCUT2D eigenvalue weighted by Gasteiger charge is 1.90. The Morgan fingerprint density at radius 1 is 1.05 bits per heavy atom. The van der Waals surface area contributed by atoms with Crippen LogP contribution in [-0.2, 0) is 20.0 Å². The Balaban J connectivity index is -0.0000000492. The summed E-state index contributed by atoms with van der Waals surface area (Å²) < 4.78 is 31.6. The molecule has 0 saturated heterocycles. The van der Waals surface area contributed by atoms with Crippen LogP contribution in [0.2, 0.25) is 0 Å². The van der Waals surface area contributed by atoms with Gasteiger partial charge in [0.05, 0.1) is 0 Å². The molecule has 0 heterocycles. The van der Waals surface area contributed by atoms with Crippen molar-refractivity contribution in [2.75, 3.05) is 0 Å². The van der Waals surface area contributed by atoms with Crippen LogP contribution in [0.5, 0.6) is 0 Å². The van der Waals surface area contributed by atoms with Crippen molar-refractivity contribution < 1.29 is 37.7 Å². The lowest BCUT2D eigenvalue weighted by atomic mass is 10.3. The van der Waals surface area contributed by atoms with Crippen molar-refractivity contribution in [2.24, 2.45) is 5.73 Å². The summed E-state index contributed by atoms with van der Waals surface area (Å²) in [4.78, 5) is 19.4.